The third-order valence-corrected chi connectivity index (χ3v) is 3.45. The maximum absolute atomic E-state index is 13.6. The van der Waals surface area contributed by atoms with Crippen molar-refractivity contribution < 1.29 is 9.50 Å². The number of hydrogen-bond donors (Lipinski definition) is 2. The molecule has 0 amide bonds. The molecule has 1 aromatic rings. The smallest absolute Gasteiger partial charge is 0.143 e. The van der Waals surface area contributed by atoms with E-state index in [2.05, 4.69) is 5.32 Å². The molecule has 0 radical (unpaired) electrons. The summed E-state index contributed by atoms with van der Waals surface area (Å²) in [4.78, 5) is 1.94. The van der Waals surface area contributed by atoms with Gasteiger partial charge in [-0.15, -0.1) is 0 Å². The van der Waals surface area contributed by atoms with Gasteiger partial charge in [-0.2, -0.15) is 5.26 Å². The van der Waals surface area contributed by atoms with Gasteiger partial charge >= 0.3 is 0 Å². The molecule has 1 fully saturated rings. The first-order valence-electron chi connectivity index (χ1n) is 5.62. The lowest BCUT2D eigenvalue weighted by atomic mass is 10.1. The highest BCUT2D eigenvalue weighted by atomic mass is 19.1. The van der Waals surface area contributed by atoms with Gasteiger partial charge in [0.15, 0.2) is 0 Å². The summed E-state index contributed by atoms with van der Waals surface area (Å²) in [6, 6.07) is 5.01. The van der Waals surface area contributed by atoms with E-state index in [0.29, 0.717) is 18.7 Å². The van der Waals surface area contributed by atoms with Crippen molar-refractivity contribution in [1.82, 2.24) is 0 Å². The number of hydrogen-bond acceptors (Lipinski definition) is 4. The molecule has 2 N–H and O–H groups in total. The van der Waals surface area contributed by atoms with Crippen molar-refractivity contribution >= 4 is 11.4 Å². The summed E-state index contributed by atoms with van der Waals surface area (Å²) in [6.45, 7) is 1.19. The van der Waals surface area contributed by atoms with Crippen molar-refractivity contribution in [2.75, 3.05) is 23.3 Å². The minimum Gasteiger partial charge on any atom is -0.391 e. The number of aliphatic hydroxyl groups excluding tert-OH is 1. The maximum Gasteiger partial charge on any atom is 0.143 e. The Hall–Kier alpha value is -1.80. The Morgan fingerprint density at radius 2 is 2.35 bits per heavy atom. The maximum atomic E-state index is 13.6. The number of nitrogens with one attached hydrogen (secondary N) is 1. The fourth-order valence-electron chi connectivity index (χ4n) is 2.70. The van der Waals surface area contributed by atoms with Crippen LogP contribution in [0.25, 0.3) is 0 Å². The number of anilines is 2. The fourth-order valence-corrected chi connectivity index (χ4v) is 2.70. The van der Waals surface area contributed by atoms with Crippen molar-refractivity contribution in [1.29, 1.82) is 5.26 Å². The first kappa shape index (κ1) is 10.4. The Morgan fingerprint density at radius 1 is 1.53 bits per heavy atom. The van der Waals surface area contributed by atoms with Gasteiger partial charge in [0.1, 0.15) is 17.4 Å². The van der Waals surface area contributed by atoms with E-state index in [4.69, 9.17) is 5.26 Å². The Bertz CT molecular complexity index is 511. The van der Waals surface area contributed by atoms with Gasteiger partial charge in [0, 0.05) is 19.1 Å². The van der Waals surface area contributed by atoms with Crippen LogP contribution in [0.2, 0.25) is 0 Å². The van der Waals surface area contributed by atoms with Gasteiger partial charge in [0.25, 0.3) is 0 Å². The zero-order valence-electron chi connectivity index (χ0n) is 9.15. The van der Waals surface area contributed by atoms with Crippen LogP contribution in [0.1, 0.15) is 12.0 Å². The summed E-state index contributed by atoms with van der Waals surface area (Å²) < 4.78 is 13.6. The molecule has 1 aromatic carbocycles. The molecular formula is C12H12FN3O. The van der Waals surface area contributed by atoms with Crippen LogP contribution in [0, 0.1) is 17.1 Å². The molecule has 4 nitrogen and oxygen atoms in total. The van der Waals surface area contributed by atoms with E-state index in [0.717, 1.165) is 12.2 Å². The Kier molecular flexibility index (Phi) is 2.20. The lowest BCUT2D eigenvalue weighted by Gasteiger charge is -2.34. The molecule has 88 valence electrons. The van der Waals surface area contributed by atoms with Crippen molar-refractivity contribution in [3.05, 3.63) is 23.5 Å². The molecular weight excluding hydrogens is 221 g/mol. The van der Waals surface area contributed by atoms with E-state index in [1.54, 1.807) is 6.07 Å². The SMILES string of the molecule is N#Cc1c(F)ccc2c1N1CC(O)CC1CN2. The van der Waals surface area contributed by atoms with E-state index < -0.39 is 11.9 Å². The van der Waals surface area contributed by atoms with Gasteiger partial charge in [-0.1, -0.05) is 0 Å². The highest BCUT2D eigenvalue weighted by Crippen LogP contribution is 2.39. The van der Waals surface area contributed by atoms with E-state index in [9.17, 15) is 9.50 Å². The van der Waals surface area contributed by atoms with Crippen LogP contribution in [0.4, 0.5) is 15.8 Å². The molecule has 1 saturated heterocycles. The van der Waals surface area contributed by atoms with Crippen molar-refractivity contribution in [3.8, 4) is 6.07 Å². The fraction of sp³-hybridized carbons (Fsp3) is 0.417. The van der Waals surface area contributed by atoms with Crippen molar-refractivity contribution in [2.24, 2.45) is 0 Å². The van der Waals surface area contributed by atoms with E-state index in [1.165, 1.54) is 6.07 Å². The third kappa shape index (κ3) is 1.45. The highest BCUT2D eigenvalue weighted by molar-refractivity contribution is 5.79. The monoisotopic (exact) mass is 233 g/mol. The number of rotatable bonds is 0. The summed E-state index contributed by atoms with van der Waals surface area (Å²) in [5, 5.41) is 21.9. The third-order valence-electron chi connectivity index (χ3n) is 3.45. The number of nitriles is 1. The summed E-state index contributed by atoms with van der Waals surface area (Å²) in [6.07, 6.45) is 0.260. The topological polar surface area (TPSA) is 59.3 Å². The lowest BCUT2D eigenvalue weighted by molar-refractivity contribution is 0.195. The standard InChI is InChI=1S/C12H12FN3O/c13-10-1-2-11-12(9(10)4-14)16-6-8(17)3-7(16)5-15-11/h1-2,7-8,15,17H,3,5-6H2. The molecule has 2 aliphatic heterocycles. The second kappa shape index (κ2) is 3.60. The molecule has 2 heterocycles. The summed E-state index contributed by atoms with van der Waals surface area (Å²) >= 11 is 0. The van der Waals surface area contributed by atoms with Crippen molar-refractivity contribution in [2.45, 2.75) is 18.6 Å². The molecule has 17 heavy (non-hydrogen) atoms. The van der Waals surface area contributed by atoms with Crippen LogP contribution >= 0.6 is 0 Å². The van der Waals surface area contributed by atoms with Gasteiger partial charge in [0.2, 0.25) is 0 Å². The Labute approximate surface area is 98.3 Å². The molecule has 0 aromatic heterocycles. The first-order valence-corrected chi connectivity index (χ1v) is 5.62. The molecule has 3 rings (SSSR count). The molecule has 2 atom stereocenters. The first-order chi connectivity index (χ1) is 8.20. The Morgan fingerprint density at radius 3 is 3.12 bits per heavy atom. The molecule has 0 aliphatic carbocycles. The number of benzene rings is 1. The minimum absolute atomic E-state index is 0.0637. The average Bonchev–Trinajstić information content (AvgIpc) is 2.69. The number of aliphatic hydroxyl groups is 1. The van der Waals surface area contributed by atoms with Crippen LogP contribution < -0.4 is 10.2 Å². The molecule has 2 unspecified atom stereocenters. The van der Waals surface area contributed by atoms with Gasteiger partial charge < -0.3 is 15.3 Å². The van der Waals surface area contributed by atoms with Gasteiger partial charge in [-0.3, -0.25) is 0 Å². The second-order valence-electron chi connectivity index (χ2n) is 4.51. The summed E-state index contributed by atoms with van der Waals surface area (Å²) in [5.74, 6) is -0.505. The van der Waals surface area contributed by atoms with Crippen LogP contribution in [0.5, 0.6) is 0 Å². The molecule has 0 bridgehead atoms. The molecule has 0 spiro atoms. The lowest BCUT2D eigenvalue weighted by Crippen LogP contribution is -2.40. The zero-order chi connectivity index (χ0) is 12.0. The Balaban J connectivity index is 2.15. The minimum atomic E-state index is -0.505. The average molecular weight is 233 g/mol. The van der Waals surface area contributed by atoms with Crippen LogP contribution in [-0.4, -0.2) is 30.3 Å². The van der Waals surface area contributed by atoms with Gasteiger partial charge in [-0.05, 0) is 18.6 Å². The largest absolute Gasteiger partial charge is 0.391 e. The predicted molar refractivity (Wildman–Crippen MR) is 61.4 cm³/mol. The molecule has 5 heteroatoms. The molecule has 2 aliphatic rings. The quantitative estimate of drug-likeness (QED) is 0.703. The summed E-state index contributed by atoms with van der Waals surface area (Å²) in [5.41, 5.74) is 1.43. The normalized spacial score (nSPS) is 25.8. The van der Waals surface area contributed by atoms with E-state index >= 15 is 0 Å². The molecule has 0 saturated carbocycles. The second-order valence-corrected chi connectivity index (χ2v) is 4.51. The zero-order valence-corrected chi connectivity index (χ0v) is 9.15. The van der Waals surface area contributed by atoms with Crippen LogP contribution in [-0.2, 0) is 0 Å². The number of nitrogens with zero attached hydrogens (tertiary/aromatic N) is 2. The van der Waals surface area contributed by atoms with Crippen LogP contribution in [0.15, 0.2) is 12.1 Å². The predicted octanol–water partition coefficient (Wildman–Crippen LogP) is 1.06. The van der Waals surface area contributed by atoms with Crippen molar-refractivity contribution in [3.63, 3.8) is 0 Å². The number of halogens is 1. The highest BCUT2D eigenvalue weighted by Gasteiger charge is 2.37. The van der Waals surface area contributed by atoms with Crippen LogP contribution in [0.3, 0.4) is 0 Å². The van der Waals surface area contributed by atoms with Gasteiger partial charge in [0.05, 0.1) is 17.5 Å². The van der Waals surface area contributed by atoms with E-state index in [1.807, 2.05) is 11.0 Å². The van der Waals surface area contributed by atoms with Gasteiger partial charge in [-0.25, -0.2) is 4.39 Å². The van der Waals surface area contributed by atoms with E-state index in [-0.39, 0.29) is 11.6 Å². The number of fused-ring (bicyclic) bond motifs is 3. The summed E-state index contributed by atoms with van der Waals surface area (Å²) in [7, 11) is 0.